The number of aliphatic hydroxyl groups is 1. The lowest BCUT2D eigenvalue weighted by Gasteiger charge is -2.30. The van der Waals surface area contributed by atoms with E-state index in [1.54, 1.807) is 0 Å². The predicted octanol–water partition coefficient (Wildman–Crippen LogP) is 2.29. The van der Waals surface area contributed by atoms with Crippen LogP contribution in [0.1, 0.15) is 47.0 Å². The molecule has 0 aromatic carbocycles. The highest BCUT2D eigenvalue weighted by Gasteiger charge is 2.30. The molecule has 0 aromatic rings. The number of rotatable bonds is 3. The van der Waals surface area contributed by atoms with Gasteiger partial charge in [-0.25, -0.2) is 0 Å². The highest BCUT2D eigenvalue weighted by molar-refractivity contribution is 5.76. The lowest BCUT2D eigenvalue weighted by Crippen LogP contribution is -2.35. The lowest BCUT2D eigenvalue weighted by molar-refractivity contribution is -0.131. The van der Waals surface area contributed by atoms with E-state index in [1.807, 2.05) is 11.8 Å². The Kier molecular flexibility index (Phi) is 4.99. The summed E-state index contributed by atoms with van der Waals surface area (Å²) >= 11 is 0. The quantitative estimate of drug-likeness (QED) is 0.823. The summed E-state index contributed by atoms with van der Waals surface area (Å²) < 4.78 is 0. The van der Waals surface area contributed by atoms with E-state index in [0.717, 1.165) is 19.4 Å². The Morgan fingerprint density at radius 3 is 2.59 bits per heavy atom. The Morgan fingerprint density at radius 2 is 2.06 bits per heavy atom. The molecule has 1 heterocycles. The standard InChI is InChI=1S/C14H27NO2/c1-11(10-16)9-15-8-7-12(14(2,3)4)5-6-13(15)17/h11-12,16H,5-10H2,1-4H3/t11-,12-/m1/s1. The molecule has 0 spiro atoms. The molecule has 1 rings (SSSR count). The molecule has 1 aliphatic heterocycles. The highest BCUT2D eigenvalue weighted by atomic mass is 16.3. The summed E-state index contributed by atoms with van der Waals surface area (Å²) in [5.41, 5.74) is 0.291. The minimum absolute atomic E-state index is 0.159. The molecular formula is C14H27NO2. The summed E-state index contributed by atoms with van der Waals surface area (Å²) in [5.74, 6) is 1.07. The van der Waals surface area contributed by atoms with Crippen LogP contribution in [0, 0.1) is 17.3 Å². The normalized spacial score (nSPS) is 24.6. The van der Waals surface area contributed by atoms with Crippen molar-refractivity contribution in [2.75, 3.05) is 19.7 Å². The van der Waals surface area contributed by atoms with E-state index in [1.165, 1.54) is 0 Å². The van der Waals surface area contributed by atoms with Crippen LogP contribution in [0.4, 0.5) is 0 Å². The van der Waals surface area contributed by atoms with E-state index >= 15 is 0 Å². The topological polar surface area (TPSA) is 40.5 Å². The highest BCUT2D eigenvalue weighted by Crippen LogP contribution is 2.34. The molecule has 3 nitrogen and oxygen atoms in total. The van der Waals surface area contributed by atoms with E-state index in [9.17, 15) is 4.79 Å². The molecule has 0 saturated carbocycles. The Bertz CT molecular complexity index is 257. The van der Waals surface area contributed by atoms with Crippen molar-refractivity contribution < 1.29 is 9.90 Å². The molecule has 100 valence electrons. The van der Waals surface area contributed by atoms with Crippen molar-refractivity contribution in [3.8, 4) is 0 Å². The summed E-state index contributed by atoms with van der Waals surface area (Å²) in [4.78, 5) is 13.9. The molecule has 0 radical (unpaired) electrons. The Morgan fingerprint density at radius 1 is 1.41 bits per heavy atom. The molecule has 0 aliphatic carbocycles. The fourth-order valence-corrected chi connectivity index (χ4v) is 2.53. The minimum Gasteiger partial charge on any atom is -0.396 e. The smallest absolute Gasteiger partial charge is 0.222 e. The lowest BCUT2D eigenvalue weighted by atomic mass is 9.77. The largest absolute Gasteiger partial charge is 0.396 e. The SMILES string of the molecule is C[C@@H](CO)CN1CC[C@H](C(C)(C)C)CCC1=O. The van der Waals surface area contributed by atoms with Crippen LogP contribution < -0.4 is 0 Å². The first-order valence-corrected chi connectivity index (χ1v) is 6.73. The van der Waals surface area contributed by atoms with Crippen LogP contribution in [-0.2, 0) is 4.79 Å². The Hall–Kier alpha value is -0.570. The van der Waals surface area contributed by atoms with Crippen LogP contribution in [0.2, 0.25) is 0 Å². The number of carbonyl (C=O) groups excluding carboxylic acids is 1. The van der Waals surface area contributed by atoms with Gasteiger partial charge in [0.15, 0.2) is 0 Å². The summed E-state index contributed by atoms with van der Waals surface area (Å²) in [6.07, 6.45) is 2.76. The molecule has 17 heavy (non-hydrogen) atoms. The first kappa shape index (κ1) is 14.5. The van der Waals surface area contributed by atoms with Crippen LogP contribution in [0.15, 0.2) is 0 Å². The number of aliphatic hydroxyl groups excluding tert-OH is 1. The Labute approximate surface area is 105 Å². The molecule has 0 bridgehead atoms. The third-order valence-corrected chi connectivity index (χ3v) is 3.88. The fraction of sp³-hybridized carbons (Fsp3) is 0.929. The summed E-state index contributed by atoms with van der Waals surface area (Å²) in [5, 5.41) is 9.07. The van der Waals surface area contributed by atoms with Crippen molar-refractivity contribution in [1.29, 1.82) is 0 Å². The van der Waals surface area contributed by atoms with Crippen molar-refractivity contribution in [3.05, 3.63) is 0 Å². The van der Waals surface area contributed by atoms with Gasteiger partial charge in [-0.3, -0.25) is 4.79 Å². The van der Waals surface area contributed by atoms with Crippen LogP contribution in [-0.4, -0.2) is 35.6 Å². The first-order chi connectivity index (χ1) is 7.84. The number of hydrogen-bond donors (Lipinski definition) is 1. The van der Waals surface area contributed by atoms with Crippen LogP contribution in [0.3, 0.4) is 0 Å². The van der Waals surface area contributed by atoms with Crippen LogP contribution >= 0.6 is 0 Å². The van der Waals surface area contributed by atoms with E-state index in [-0.39, 0.29) is 18.4 Å². The molecule has 0 unspecified atom stereocenters. The Balaban J connectivity index is 2.58. The van der Waals surface area contributed by atoms with Crippen molar-refractivity contribution in [2.24, 2.45) is 17.3 Å². The summed E-state index contributed by atoms with van der Waals surface area (Å²) in [7, 11) is 0. The van der Waals surface area contributed by atoms with Crippen molar-refractivity contribution in [3.63, 3.8) is 0 Å². The molecule has 0 aromatic heterocycles. The number of hydrogen-bond acceptors (Lipinski definition) is 2. The monoisotopic (exact) mass is 241 g/mol. The first-order valence-electron chi connectivity index (χ1n) is 6.73. The summed E-state index contributed by atoms with van der Waals surface area (Å²) in [6.45, 7) is 10.5. The van der Waals surface area contributed by atoms with Crippen molar-refractivity contribution in [2.45, 2.75) is 47.0 Å². The van der Waals surface area contributed by atoms with Gasteiger partial charge in [0.1, 0.15) is 0 Å². The number of carbonyl (C=O) groups is 1. The van der Waals surface area contributed by atoms with Gasteiger partial charge in [-0.1, -0.05) is 27.7 Å². The second-order valence-corrected chi connectivity index (χ2v) is 6.52. The van der Waals surface area contributed by atoms with Gasteiger partial charge in [0, 0.05) is 26.1 Å². The zero-order chi connectivity index (χ0) is 13.1. The van der Waals surface area contributed by atoms with E-state index in [2.05, 4.69) is 20.8 Å². The molecular weight excluding hydrogens is 214 g/mol. The second kappa shape index (κ2) is 5.85. The summed E-state index contributed by atoms with van der Waals surface area (Å²) in [6, 6.07) is 0. The maximum Gasteiger partial charge on any atom is 0.222 e. The number of likely N-dealkylation sites (tertiary alicyclic amines) is 1. The maximum atomic E-state index is 12.0. The zero-order valence-corrected chi connectivity index (χ0v) is 11.7. The molecule has 1 saturated heterocycles. The van der Waals surface area contributed by atoms with E-state index in [0.29, 0.717) is 24.3 Å². The molecule has 1 fully saturated rings. The van der Waals surface area contributed by atoms with Gasteiger partial charge in [-0.15, -0.1) is 0 Å². The predicted molar refractivity (Wildman–Crippen MR) is 69.6 cm³/mol. The van der Waals surface area contributed by atoms with E-state index in [4.69, 9.17) is 5.11 Å². The van der Waals surface area contributed by atoms with Crippen LogP contribution in [0.5, 0.6) is 0 Å². The zero-order valence-electron chi connectivity index (χ0n) is 11.7. The molecule has 1 N–H and O–H groups in total. The third kappa shape index (κ3) is 4.30. The minimum atomic E-state index is 0.159. The van der Waals surface area contributed by atoms with Gasteiger partial charge in [0.25, 0.3) is 0 Å². The average Bonchev–Trinajstić information content (AvgIpc) is 2.41. The molecule has 3 heteroatoms. The van der Waals surface area contributed by atoms with Crippen molar-refractivity contribution in [1.82, 2.24) is 4.90 Å². The molecule has 1 amide bonds. The third-order valence-electron chi connectivity index (χ3n) is 3.88. The van der Waals surface area contributed by atoms with Gasteiger partial charge in [0.05, 0.1) is 0 Å². The number of nitrogens with zero attached hydrogens (tertiary/aromatic N) is 1. The maximum absolute atomic E-state index is 12.0. The number of amides is 1. The van der Waals surface area contributed by atoms with Gasteiger partial charge in [-0.2, -0.15) is 0 Å². The van der Waals surface area contributed by atoms with Gasteiger partial charge < -0.3 is 10.0 Å². The van der Waals surface area contributed by atoms with Crippen molar-refractivity contribution >= 4 is 5.91 Å². The van der Waals surface area contributed by atoms with Gasteiger partial charge in [-0.05, 0) is 30.1 Å². The van der Waals surface area contributed by atoms with Crippen LogP contribution in [0.25, 0.3) is 0 Å². The molecule has 2 atom stereocenters. The van der Waals surface area contributed by atoms with E-state index < -0.39 is 0 Å². The fourth-order valence-electron chi connectivity index (χ4n) is 2.53. The second-order valence-electron chi connectivity index (χ2n) is 6.52. The molecule has 1 aliphatic rings. The van der Waals surface area contributed by atoms with Gasteiger partial charge >= 0.3 is 0 Å². The van der Waals surface area contributed by atoms with Gasteiger partial charge in [0.2, 0.25) is 5.91 Å². The average molecular weight is 241 g/mol.